The number of pyridine rings is 1. The van der Waals surface area contributed by atoms with Crippen molar-refractivity contribution in [2.75, 3.05) is 0 Å². The van der Waals surface area contributed by atoms with Crippen molar-refractivity contribution in [2.45, 2.75) is 19.5 Å². The Morgan fingerprint density at radius 3 is 2.70 bits per heavy atom. The monoisotopic (exact) mass is 334 g/mol. The highest BCUT2D eigenvalue weighted by Crippen LogP contribution is 2.22. The normalized spacial score (nSPS) is 12.1. The number of hydrogen-bond donors (Lipinski definition) is 2. The molecule has 0 aliphatic heterocycles. The predicted octanol–water partition coefficient (Wildman–Crippen LogP) is 3.39. The highest BCUT2D eigenvalue weighted by atomic mass is 79.9. The molecule has 5 heteroatoms. The molecule has 0 unspecified atom stereocenters. The lowest BCUT2D eigenvalue weighted by atomic mass is 10.1. The van der Waals surface area contributed by atoms with E-state index in [2.05, 4.69) is 39.2 Å². The molecule has 1 heterocycles. The number of carboxylic acid groups (broad SMARTS) is 1. The molecule has 20 heavy (non-hydrogen) atoms. The van der Waals surface area contributed by atoms with E-state index in [9.17, 15) is 4.79 Å². The highest BCUT2D eigenvalue weighted by Gasteiger charge is 2.09. The van der Waals surface area contributed by atoms with E-state index in [1.165, 1.54) is 11.8 Å². The lowest BCUT2D eigenvalue weighted by Crippen LogP contribution is -2.19. The third kappa shape index (κ3) is 3.65. The first-order valence-electron chi connectivity index (χ1n) is 6.24. The Labute approximate surface area is 126 Å². The quantitative estimate of drug-likeness (QED) is 0.879. The Morgan fingerprint density at radius 1 is 1.35 bits per heavy atom. The smallest absolute Gasteiger partial charge is 0.337 e. The van der Waals surface area contributed by atoms with Gasteiger partial charge in [0.05, 0.1) is 11.3 Å². The lowest BCUT2D eigenvalue weighted by molar-refractivity contribution is 0.0696. The second kappa shape index (κ2) is 6.63. The number of nitrogens with zero attached hydrogens (tertiary/aromatic N) is 1. The molecule has 4 nitrogen and oxygen atoms in total. The molecule has 1 aromatic heterocycles. The first kappa shape index (κ1) is 14.7. The maximum Gasteiger partial charge on any atom is 0.337 e. The number of carboxylic acids is 1. The summed E-state index contributed by atoms with van der Waals surface area (Å²) in [5, 5.41) is 12.2. The van der Waals surface area contributed by atoms with Crippen molar-refractivity contribution >= 4 is 21.9 Å². The van der Waals surface area contributed by atoms with Crippen LogP contribution in [0.3, 0.4) is 0 Å². The van der Waals surface area contributed by atoms with E-state index in [-0.39, 0.29) is 11.6 Å². The highest BCUT2D eigenvalue weighted by molar-refractivity contribution is 9.10. The van der Waals surface area contributed by atoms with Crippen molar-refractivity contribution in [1.29, 1.82) is 0 Å². The minimum Gasteiger partial charge on any atom is -0.478 e. The second-order valence-electron chi connectivity index (χ2n) is 4.47. The summed E-state index contributed by atoms with van der Waals surface area (Å²) in [7, 11) is 0. The van der Waals surface area contributed by atoms with Gasteiger partial charge in [0.15, 0.2) is 0 Å². The standard InChI is InChI=1S/C15H15BrN2O2/c1-10(13-4-2-3-5-14(13)16)17-9-12-7-6-11(8-18-12)15(19)20/h2-8,10,17H,9H2,1H3,(H,19,20)/t10-/m0/s1. The molecule has 2 rings (SSSR count). The van der Waals surface area contributed by atoms with Gasteiger partial charge in [-0.15, -0.1) is 0 Å². The lowest BCUT2D eigenvalue weighted by Gasteiger charge is -2.15. The van der Waals surface area contributed by atoms with Gasteiger partial charge in [0.25, 0.3) is 0 Å². The average Bonchev–Trinajstić information content (AvgIpc) is 2.45. The fourth-order valence-corrected chi connectivity index (χ4v) is 2.48. The Kier molecular flexibility index (Phi) is 4.87. The number of rotatable bonds is 5. The maximum absolute atomic E-state index is 10.7. The molecule has 0 spiro atoms. The molecule has 0 saturated carbocycles. The summed E-state index contributed by atoms with van der Waals surface area (Å²) in [5.41, 5.74) is 2.19. The van der Waals surface area contributed by atoms with Gasteiger partial charge in [0.1, 0.15) is 0 Å². The van der Waals surface area contributed by atoms with Crippen molar-refractivity contribution in [3.8, 4) is 0 Å². The predicted molar refractivity (Wildman–Crippen MR) is 80.6 cm³/mol. The van der Waals surface area contributed by atoms with Gasteiger partial charge in [-0.3, -0.25) is 4.98 Å². The van der Waals surface area contributed by atoms with Crippen LogP contribution >= 0.6 is 15.9 Å². The number of aromatic nitrogens is 1. The Balaban J connectivity index is 1.98. The van der Waals surface area contributed by atoms with E-state index in [0.717, 1.165) is 10.2 Å². The van der Waals surface area contributed by atoms with E-state index in [1.807, 2.05) is 18.2 Å². The summed E-state index contributed by atoms with van der Waals surface area (Å²) >= 11 is 3.53. The van der Waals surface area contributed by atoms with Gasteiger partial charge in [-0.25, -0.2) is 4.79 Å². The molecule has 0 bridgehead atoms. The molecule has 0 radical (unpaired) electrons. The number of nitrogens with one attached hydrogen (secondary N) is 1. The van der Waals surface area contributed by atoms with Crippen LogP contribution in [0.4, 0.5) is 0 Å². The van der Waals surface area contributed by atoms with Gasteiger partial charge >= 0.3 is 5.97 Å². The molecule has 0 amide bonds. The zero-order chi connectivity index (χ0) is 14.5. The van der Waals surface area contributed by atoms with Crippen molar-refractivity contribution in [3.05, 3.63) is 63.9 Å². The molecular weight excluding hydrogens is 320 g/mol. The maximum atomic E-state index is 10.7. The van der Waals surface area contributed by atoms with Crippen molar-refractivity contribution in [3.63, 3.8) is 0 Å². The minimum atomic E-state index is -0.960. The number of hydrogen-bond acceptors (Lipinski definition) is 3. The SMILES string of the molecule is C[C@H](NCc1ccc(C(=O)O)cn1)c1ccccc1Br. The fourth-order valence-electron chi connectivity index (χ4n) is 1.85. The van der Waals surface area contributed by atoms with Crippen molar-refractivity contribution < 1.29 is 9.90 Å². The van der Waals surface area contributed by atoms with Gasteiger partial charge in [0.2, 0.25) is 0 Å². The van der Waals surface area contributed by atoms with Crippen LogP contribution in [0, 0.1) is 0 Å². The minimum absolute atomic E-state index is 0.173. The first-order valence-corrected chi connectivity index (χ1v) is 7.03. The molecule has 1 aromatic carbocycles. The zero-order valence-corrected chi connectivity index (χ0v) is 12.6. The van der Waals surface area contributed by atoms with E-state index in [4.69, 9.17) is 5.11 Å². The van der Waals surface area contributed by atoms with Gasteiger partial charge in [-0.1, -0.05) is 34.1 Å². The largest absolute Gasteiger partial charge is 0.478 e. The number of benzene rings is 1. The fraction of sp³-hybridized carbons (Fsp3) is 0.200. The van der Waals surface area contributed by atoms with Crippen LogP contribution in [-0.2, 0) is 6.54 Å². The summed E-state index contributed by atoms with van der Waals surface area (Å²) in [4.78, 5) is 14.9. The summed E-state index contributed by atoms with van der Waals surface area (Å²) in [6.07, 6.45) is 1.38. The van der Waals surface area contributed by atoms with Crippen LogP contribution in [0.1, 0.15) is 34.6 Å². The van der Waals surface area contributed by atoms with Crippen molar-refractivity contribution in [1.82, 2.24) is 10.3 Å². The Bertz CT molecular complexity index is 599. The molecule has 0 aliphatic carbocycles. The Hall–Kier alpha value is -1.72. The van der Waals surface area contributed by atoms with Gasteiger partial charge in [-0.2, -0.15) is 0 Å². The average molecular weight is 335 g/mol. The van der Waals surface area contributed by atoms with Crippen LogP contribution in [0.2, 0.25) is 0 Å². The summed E-state index contributed by atoms with van der Waals surface area (Å²) in [6, 6.07) is 11.5. The number of halogens is 1. The number of carbonyl (C=O) groups is 1. The summed E-state index contributed by atoms with van der Waals surface area (Å²) in [5.74, 6) is -0.960. The third-order valence-electron chi connectivity index (χ3n) is 3.03. The first-order chi connectivity index (χ1) is 9.58. The van der Waals surface area contributed by atoms with Crippen LogP contribution in [0.25, 0.3) is 0 Å². The van der Waals surface area contributed by atoms with E-state index in [1.54, 1.807) is 12.1 Å². The van der Waals surface area contributed by atoms with E-state index >= 15 is 0 Å². The molecule has 2 aromatic rings. The summed E-state index contributed by atoms with van der Waals surface area (Å²) < 4.78 is 1.06. The van der Waals surface area contributed by atoms with E-state index in [0.29, 0.717) is 6.54 Å². The second-order valence-corrected chi connectivity index (χ2v) is 5.32. The summed E-state index contributed by atoms with van der Waals surface area (Å²) in [6.45, 7) is 2.66. The molecule has 2 N–H and O–H groups in total. The van der Waals surface area contributed by atoms with Crippen LogP contribution in [0.5, 0.6) is 0 Å². The Morgan fingerprint density at radius 2 is 2.10 bits per heavy atom. The zero-order valence-electron chi connectivity index (χ0n) is 11.0. The number of aromatic carboxylic acids is 1. The van der Waals surface area contributed by atoms with Gasteiger partial charge in [-0.05, 0) is 30.7 Å². The topological polar surface area (TPSA) is 62.2 Å². The van der Waals surface area contributed by atoms with Crippen LogP contribution in [-0.4, -0.2) is 16.1 Å². The van der Waals surface area contributed by atoms with Crippen LogP contribution in [0.15, 0.2) is 47.1 Å². The molecular formula is C15H15BrN2O2. The van der Waals surface area contributed by atoms with Crippen LogP contribution < -0.4 is 5.32 Å². The molecule has 0 fully saturated rings. The van der Waals surface area contributed by atoms with Gasteiger partial charge < -0.3 is 10.4 Å². The third-order valence-corrected chi connectivity index (χ3v) is 3.75. The molecule has 0 aliphatic rings. The van der Waals surface area contributed by atoms with E-state index < -0.39 is 5.97 Å². The van der Waals surface area contributed by atoms with Gasteiger partial charge in [0, 0.05) is 23.3 Å². The molecule has 1 atom stereocenters. The van der Waals surface area contributed by atoms with Crippen molar-refractivity contribution in [2.24, 2.45) is 0 Å². The molecule has 0 saturated heterocycles. The molecule has 104 valence electrons.